The summed E-state index contributed by atoms with van der Waals surface area (Å²) in [7, 11) is 1.60. The van der Waals surface area contributed by atoms with Gasteiger partial charge in [-0.1, -0.05) is 0 Å². The van der Waals surface area contributed by atoms with Gasteiger partial charge >= 0.3 is 0 Å². The van der Waals surface area contributed by atoms with Gasteiger partial charge in [0.05, 0.1) is 19.5 Å². The Morgan fingerprint density at radius 1 is 1.50 bits per heavy atom. The molecule has 2 N–H and O–H groups in total. The molecule has 2 rings (SSSR count). The van der Waals surface area contributed by atoms with Crippen molar-refractivity contribution >= 4 is 5.82 Å². The molecule has 1 aliphatic heterocycles. The molecule has 0 amide bonds. The van der Waals surface area contributed by atoms with E-state index in [9.17, 15) is 0 Å². The molecular weight excluding hydrogens is 204 g/mol. The van der Waals surface area contributed by atoms with Crippen molar-refractivity contribution in [3.63, 3.8) is 0 Å². The average molecular weight is 222 g/mol. The largest absolute Gasteiger partial charge is 0.480 e. The van der Waals surface area contributed by atoms with Gasteiger partial charge in [0.15, 0.2) is 5.82 Å². The van der Waals surface area contributed by atoms with E-state index in [0.29, 0.717) is 18.0 Å². The van der Waals surface area contributed by atoms with Gasteiger partial charge in [-0.3, -0.25) is 4.98 Å². The lowest BCUT2D eigenvalue weighted by Gasteiger charge is -2.37. The van der Waals surface area contributed by atoms with Gasteiger partial charge in [-0.2, -0.15) is 4.98 Å². The summed E-state index contributed by atoms with van der Waals surface area (Å²) in [5.74, 6) is 1.43. The standard InChI is InChI=1S/C11H18N4O/c1-8-5-9(12)3-4-15(8)10-6-13-7-11(14-10)16-2/h6-9H,3-5,12H2,1-2H3. The lowest BCUT2D eigenvalue weighted by molar-refractivity contribution is 0.391. The molecular formula is C11H18N4O. The van der Waals surface area contributed by atoms with Crippen LogP contribution in [0.1, 0.15) is 19.8 Å². The molecule has 1 fully saturated rings. The third-order valence-electron chi connectivity index (χ3n) is 3.02. The van der Waals surface area contributed by atoms with E-state index in [1.54, 1.807) is 19.5 Å². The number of anilines is 1. The molecule has 0 aliphatic carbocycles. The smallest absolute Gasteiger partial charge is 0.233 e. The Hall–Kier alpha value is -1.36. The Bertz CT molecular complexity index is 358. The minimum atomic E-state index is 0.310. The quantitative estimate of drug-likeness (QED) is 0.802. The highest BCUT2D eigenvalue weighted by molar-refractivity contribution is 5.39. The molecule has 0 spiro atoms. The fourth-order valence-electron chi connectivity index (χ4n) is 2.12. The maximum atomic E-state index is 5.93. The Kier molecular flexibility index (Phi) is 3.24. The molecule has 5 heteroatoms. The summed E-state index contributed by atoms with van der Waals surface area (Å²) in [6, 6.07) is 0.718. The summed E-state index contributed by atoms with van der Waals surface area (Å²) < 4.78 is 5.08. The lowest BCUT2D eigenvalue weighted by atomic mass is 9.99. The Balaban J connectivity index is 2.16. The second kappa shape index (κ2) is 4.65. The first kappa shape index (κ1) is 11.1. The van der Waals surface area contributed by atoms with E-state index >= 15 is 0 Å². The molecule has 1 saturated heterocycles. The highest BCUT2D eigenvalue weighted by atomic mass is 16.5. The number of aromatic nitrogens is 2. The van der Waals surface area contributed by atoms with Crippen molar-refractivity contribution in [3.8, 4) is 5.88 Å². The number of ether oxygens (including phenoxy) is 1. The van der Waals surface area contributed by atoms with E-state index in [2.05, 4.69) is 21.8 Å². The van der Waals surface area contributed by atoms with Crippen molar-refractivity contribution in [2.75, 3.05) is 18.6 Å². The summed E-state index contributed by atoms with van der Waals surface area (Å²) in [4.78, 5) is 10.7. The fraction of sp³-hybridized carbons (Fsp3) is 0.636. The molecule has 1 aromatic rings. The molecule has 0 saturated carbocycles. The van der Waals surface area contributed by atoms with Crippen molar-refractivity contribution in [3.05, 3.63) is 12.4 Å². The number of rotatable bonds is 2. The molecule has 16 heavy (non-hydrogen) atoms. The predicted octanol–water partition coefficient (Wildman–Crippen LogP) is 0.801. The maximum absolute atomic E-state index is 5.93. The first-order valence-electron chi connectivity index (χ1n) is 5.59. The van der Waals surface area contributed by atoms with Crippen molar-refractivity contribution in [2.24, 2.45) is 5.73 Å². The first-order valence-corrected chi connectivity index (χ1v) is 5.59. The summed E-state index contributed by atoms with van der Waals surface area (Å²) in [6.07, 6.45) is 5.39. The number of nitrogens with zero attached hydrogens (tertiary/aromatic N) is 3. The van der Waals surface area contributed by atoms with Crippen molar-refractivity contribution in [1.29, 1.82) is 0 Å². The Morgan fingerprint density at radius 3 is 3.00 bits per heavy atom. The first-order chi connectivity index (χ1) is 7.70. The monoisotopic (exact) mass is 222 g/mol. The summed E-state index contributed by atoms with van der Waals surface area (Å²) >= 11 is 0. The van der Waals surface area contributed by atoms with E-state index in [4.69, 9.17) is 10.5 Å². The van der Waals surface area contributed by atoms with Crippen LogP contribution < -0.4 is 15.4 Å². The SMILES string of the molecule is COc1cncc(N2CCC(N)CC2C)n1. The normalized spacial score (nSPS) is 25.6. The van der Waals surface area contributed by atoms with E-state index in [-0.39, 0.29) is 0 Å². The lowest BCUT2D eigenvalue weighted by Crippen LogP contribution is -2.46. The van der Waals surface area contributed by atoms with Crippen LogP contribution in [0.25, 0.3) is 0 Å². The van der Waals surface area contributed by atoms with Crippen LogP contribution >= 0.6 is 0 Å². The average Bonchev–Trinajstić information content (AvgIpc) is 2.29. The molecule has 5 nitrogen and oxygen atoms in total. The summed E-state index contributed by atoms with van der Waals surface area (Å²) in [5, 5.41) is 0. The van der Waals surface area contributed by atoms with Gasteiger partial charge in [-0.25, -0.2) is 0 Å². The topological polar surface area (TPSA) is 64.3 Å². The molecule has 0 aromatic carbocycles. The fourth-order valence-corrected chi connectivity index (χ4v) is 2.12. The van der Waals surface area contributed by atoms with E-state index < -0.39 is 0 Å². The van der Waals surface area contributed by atoms with Crippen molar-refractivity contribution in [2.45, 2.75) is 31.8 Å². The zero-order valence-electron chi connectivity index (χ0n) is 9.76. The Morgan fingerprint density at radius 2 is 2.31 bits per heavy atom. The van der Waals surface area contributed by atoms with Crippen LogP contribution in [0, 0.1) is 0 Å². The van der Waals surface area contributed by atoms with E-state index in [1.165, 1.54) is 0 Å². The van der Waals surface area contributed by atoms with Gasteiger partial charge in [-0.15, -0.1) is 0 Å². The second-order valence-corrected chi connectivity index (χ2v) is 4.25. The molecule has 88 valence electrons. The van der Waals surface area contributed by atoms with E-state index in [1.807, 2.05) is 0 Å². The predicted molar refractivity (Wildman–Crippen MR) is 62.6 cm³/mol. The van der Waals surface area contributed by atoms with Gasteiger partial charge in [-0.05, 0) is 19.8 Å². The number of methoxy groups -OCH3 is 1. The van der Waals surface area contributed by atoms with Gasteiger partial charge in [0.2, 0.25) is 5.88 Å². The van der Waals surface area contributed by atoms with Crippen LogP contribution in [0.2, 0.25) is 0 Å². The zero-order valence-corrected chi connectivity index (χ0v) is 9.76. The highest BCUT2D eigenvalue weighted by Crippen LogP contribution is 2.23. The van der Waals surface area contributed by atoms with Crippen LogP contribution in [-0.4, -0.2) is 35.7 Å². The number of nitrogens with two attached hydrogens (primary N) is 1. The highest BCUT2D eigenvalue weighted by Gasteiger charge is 2.24. The van der Waals surface area contributed by atoms with Crippen LogP contribution in [0.4, 0.5) is 5.82 Å². The van der Waals surface area contributed by atoms with Gasteiger partial charge in [0, 0.05) is 18.6 Å². The third-order valence-corrected chi connectivity index (χ3v) is 3.02. The van der Waals surface area contributed by atoms with Gasteiger partial charge in [0.1, 0.15) is 0 Å². The molecule has 2 atom stereocenters. The Labute approximate surface area is 95.6 Å². The number of hydrogen-bond donors (Lipinski definition) is 1. The van der Waals surface area contributed by atoms with Gasteiger partial charge < -0.3 is 15.4 Å². The molecule has 0 bridgehead atoms. The van der Waals surface area contributed by atoms with Crippen LogP contribution in [0.3, 0.4) is 0 Å². The minimum absolute atomic E-state index is 0.310. The maximum Gasteiger partial charge on any atom is 0.233 e. The molecule has 1 aromatic heterocycles. The summed E-state index contributed by atoms with van der Waals surface area (Å²) in [5.41, 5.74) is 5.93. The van der Waals surface area contributed by atoms with Crippen molar-refractivity contribution < 1.29 is 4.74 Å². The third kappa shape index (κ3) is 2.24. The van der Waals surface area contributed by atoms with Crippen LogP contribution in [0.5, 0.6) is 5.88 Å². The second-order valence-electron chi connectivity index (χ2n) is 4.25. The molecule has 1 aliphatic rings. The van der Waals surface area contributed by atoms with E-state index in [0.717, 1.165) is 25.2 Å². The van der Waals surface area contributed by atoms with Crippen LogP contribution in [0.15, 0.2) is 12.4 Å². The van der Waals surface area contributed by atoms with Crippen LogP contribution in [-0.2, 0) is 0 Å². The molecule has 2 unspecified atom stereocenters. The number of hydrogen-bond acceptors (Lipinski definition) is 5. The minimum Gasteiger partial charge on any atom is -0.480 e. The van der Waals surface area contributed by atoms with Crippen molar-refractivity contribution in [1.82, 2.24) is 9.97 Å². The van der Waals surface area contributed by atoms with Gasteiger partial charge in [0.25, 0.3) is 0 Å². The number of piperidine rings is 1. The zero-order chi connectivity index (χ0) is 11.5. The molecule has 2 heterocycles. The summed E-state index contributed by atoms with van der Waals surface area (Å²) in [6.45, 7) is 3.10. The molecule has 0 radical (unpaired) electrons.